The number of ether oxygens (including phenoxy) is 1. The minimum Gasteiger partial charge on any atom is -0.377 e. The summed E-state index contributed by atoms with van der Waals surface area (Å²) in [6.45, 7) is 4.55. The molecule has 0 radical (unpaired) electrons. The van der Waals surface area contributed by atoms with Crippen LogP contribution >= 0.6 is 11.6 Å². The van der Waals surface area contributed by atoms with Crippen molar-refractivity contribution in [2.24, 2.45) is 0 Å². The summed E-state index contributed by atoms with van der Waals surface area (Å²) in [4.78, 5) is 10.2. The van der Waals surface area contributed by atoms with Gasteiger partial charge < -0.3 is 10.1 Å². The standard InChI is InChI=1S/C11H14ClFN2O3/c1-3-18-7(2)6-14-10-5-9(13)8(12)4-11(10)15(16)17/h4-5,7,14H,3,6H2,1-2H3. The molecule has 18 heavy (non-hydrogen) atoms. The number of nitro benzene ring substituents is 1. The van der Waals surface area contributed by atoms with Gasteiger partial charge in [0.1, 0.15) is 11.5 Å². The van der Waals surface area contributed by atoms with Crippen molar-refractivity contribution in [3.8, 4) is 0 Å². The fourth-order valence-corrected chi connectivity index (χ4v) is 1.58. The second-order valence-corrected chi connectivity index (χ2v) is 4.09. The van der Waals surface area contributed by atoms with E-state index in [9.17, 15) is 14.5 Å². The van der Waals surface area contributed by atoms with Gasteiger partial charge in [0.05, 0.1) is 16.0 Å². The molecule has 1 aromatic rings. The average Bonchev–Trinajstić information content (AvgIpc) is 2.30. The summed E-state index contributed by atoms with van der Waals surface area (Å²) in [6.07, 6.45) is -0.131. The van der Waals surface area contributed by atoms with Crippen molar-refractivity contribution in [1.29, 1.82) is 0 Å². The van der Waals surface area contributed by atoms with Gasteiger partial charge in [-0.25, -0.2) is 4.39 Å². The van der Waals surface area contributed by atoms with Gasteiger partial charge in [-0.15, -0.1) is 0 Å². The molecule has 0 heterocycles. The molecule has 0 saturated heterocycles. The van der Waals surface area contributed by atoms with Gasteiger partial charge >= 0.3 is 0 Å². The Labute approximate surface area is 109 Å². The summed E-state index contributed by atoms with van der Waals surface area (Å²) in [7, 11) is 0. The topological polar surface area (TPSA) is 64.4 Å². The van der Waals surface area contributed by atoms with Gasteiger partial charge in [0.25, 0.3) is 5.69 Å². The van der Waals surface area contributed by atoms with Gasteiger partial charge in [-0.2, -0.15) is 0 Å². The highest BCUT2D eigenvalue weighted by atomic mass is 35.5. The monoisotopic (exact) mass is 276 g/mol. The predicted octanol–water partition coefficient (Wildman–Crippen LogP) is 3.22. The van der Waals surface area contributed by atoms with Crippen LogP contribution in [0.15, 0.2) is 12.1 Å². The molecule has 0 amide bonds. The Kier molecular flexibility index (Phi) is 5.30. The Morgan fingerprint density at radius 2 is 2.28 bits per heavy atom. The first-order valence-electron chi connectivity index (χ1n) is 5.44. The molecule has 0 aliphatic heterocycles. The summed E-state index contributed by atoms with van der Waals surface area (Å²) in [6, 6.07) is 2.00. The van der Waals surface area contributed by atoms with Crippen molar-refractivity contribution in [2.45, 2.75) is 20.0 Å². The lowest BCUT2D eigenvalue weighted by Crippen LogP contribution is -2.20. The van der Waals surface area contributed by atoms with Crippen molar-refractivity contribution in [3.05, 3.63) is 33.1 Å². The molecule has 1 N–H and O–H groups in total. The van der Waals surface area contributed by atoms with E-state index in [2.05, 4.69) is 5.32 Å². The molecule has 0 saturated carbocycles. The minimum atomic E-state index is -0.700. The van der Waals surface area contributed by atoms with Gasteiger partial charge in [0.2, 0.25) is 0 Å². The van der Waals surface area contributed by atoms with Crippen LogP contribution in [0.1, 0.15) is 13.8 Å². The minimum absolute atomic E-state index is 0.0912. The molecule has 0 bridgehead atoms. The number of halogens is 2. The Hall–Kier alpha value is -1.40. The van der Waals surface area contributed by atoms with Gasteiger partial charge in [0.15, 0.2) is 0 Å². The summed E-state index contributed by atoms with van der Waals surface area (Å²) in [5.74, 6) is -0.700. The first kappa shape index (κ1) is 14.7. The Balaban J connectivity index is 2.86. The van der Waals surface area contributed by atoms with Crippen LogP contribution in [-0.4, -0.2) is 24.2 Å². The lowest BCUT2D eigenvalue weighted by atomic mass is 10.2. The summed E-state index contributed by atoms with van der Waals surface area (Å²) < 4.78 is 18.5. The zero-order chi connectivity index (χ0) is 13.7. The summed E-state index contributed by atoms with van der Waals surface area (Å²) in [5.41, 5.74) is -0.168. The smallest absolute Gasteiger partial charge is 0.294 e. The second kappa shape index (κ2) is 6.51. The Bertz CT molecular complexity index is 443. The largest absolute Gasteiger partial charge is 0.377 e. The number of hydrogen-bond donors (Lipinski definition) is 1. The molecule has 5 nitrogen and oxygen atoms in total. The highest BCUT2D eigenvalue weighted by Gasteiger charge is 2.18. The summed E-state index contributed by atoms with van der Waals surface area (Å²) in [5, 5.41) is 13.3. The predicted molar refractivity (Wildman–Crippen MR) is 67.6 cm³/mol. The van der Waals surface area contributed by atoms with Crippen LogP contribution in [0.2, 0.25) is 5.02 Å². The van der Waals surface area contributed by atoms with Crippen LogP contribution in [0.25, 0.3) is 0 Å². The van der Waals surface area contributed by atoms with E-state index in [1.165, 1.54) is 0 Å². The molecular formula is C11H14ClFN2O3. The number of rotatable bonds is 6. The van der Waals surface area contributed by atoms with Crippen LogP contribution in [-0.2, 0) is 4.74 Å². The molecule has 100 valence electrons. The molecule has 1 unspecified atom stereocenters. The van der Waals surface area contributed by atoms with Gasteiger partial charge in [-0.3, -0.25) is 10.1 Å². The van der Waals surface area contributed by atoms with Gasteiger partial charge in [-0.05, 0) is 13.8 Å². The third-order valence-electron chi connectivity index (χ3n) is 2.27. The van der Waals surface area contributed by atoms with E-state index in [-0.39, 0.29) is 22.5 Å². The van der Waals surface area contributed by atoms with Gasteiger partial charge in [-0.1, -0.05) is 11.6 Å². The van der Waals surface area contributed by atoms with Crippen molar-refractivity contribution >= 4 is 23.0 Å². The molecule has 0 spiro atoms. The molecule has 0 aliphatic carbocycles. The molecule has 0 aliphatic rings. The van der Waals surface area contributed by atoms with E-state index in [0.29, 0.717) is 13.2 Å². The first-order valence-corrected chi connectivity index (χ1v) is 5.82. The second-order valence-electron chi connectivity index (χ2n) is 3.69. The molecular weight excluding hydrogens is 263 g/mol. The Morgan fingerprint density at radius 3 is 2.83 bits per heavy atom. The molecule has 1 atom stereocenters. The van der Waals surface area contributed by atoms with E-state index in [1.807, 2.05) is 13.8 Å². The Morgan fingerprint density at radius 1 is 1.61 bits per heavy atom. The SMILES string of the molecule is CCOC(C)CNc1cc(F)c(Cl)cc1[N+](=O)[O-]. The van der Waals surface area contributed by atoms with Crippen molar-refractivity contribution in [1.82, 2.24) is 0 Å². The molecule has 7 heteroatoms. The maximum Gasteiger partial charge on any atom is 0.294 e. The van der Waals surface area contributed by atoms with Crippen molar-refractivity contribution in [3.63, 3.8) is 0 Å². The molecule has 1 aromatic carbocycles. The number of nitrogens with one attached hydrogen (secondary N) is 1. The number of nitrogens with zero attached hydrogens (tertiary/aromatic N) is 1. The van der Waals surface area contributed by atoms with Crippen LogP contribution in [0.4, 0.5) is 15.8 Å². The highest BCUT2D eigenvalue weighted by molar-refractivity contribution is 6.31. The lowest BCUT2D eigenvalue weighted by molar-refractivity contribution is -0.384. The van der Waals surface area contributed by atoms with E-state index >= 15 is 0 Å². The maximum atomic E-state index is 13.3. The molecule has 0 aromatic heterocycles. The maximum absolute atomic E-state index is 13.3. The summed E-state index contributed by atoms with van der Waals surface area (Å²) >= 11 is 5.51. The van der Waals surface area contributed by atoms with Crippen LogP contribution < -0.4 is 5.32 Å². The molecule has 0 fully saturated rings. The zero-order valence-corrected chi connectivity index (χ0v) is 10.8. The first-order chi connectivity index (χ1) is 8.45. The van der Waals surface area contributed by atoms with Crippen LogP contribution in [0, 0.1) is 15.9 Å². The van der Waals surface area contributed by atoms with E-state index in [1.54, 1.807) is 0 Å². The van der Waals surface area contributed by atoms with E-state index in [0.717, 1.165) is 12.1 Å². The quantitative estimate of drug-likeness (QED) is 0.640. The lowest BCUT2D eigenvalue weighted by Gasteiger charge is -2.13. The fourth-order valence-electron chi connectivity index (χ4n) is 1.43. The van der Waals surface area contributed by atoms with Crippen LogP contribution in [0.5, 0.6) is 0 Å². The normalized spacial score (nSPS) is 12.2. The third kappa shape index (κ3) is 3.82. The number of hydrogen-bond acceptors (Lipinski definition) is 4. The fraction of sp³-hybridized carbons (Fsp3) is 0.455. The highest BCUT2D eigenvalue weighted by Crippen LogP contribution is 2.30. The van der Waals surface area contributed by atoms with Crippen LogP contribution in [0.3, 0.4) is 0 Å². The number of anilines is 1. The van der Waals surface area contributed by atoms with Crippen molar-refractivity contribution in [2.75, 3.05) is 18.5 Å². The van der Waals surface area contributed by atoms with E-state index < -0.39 is 10.7 Å². The van der Waals surface area contributed by atoms with Gasteiger partial charge in [0, 0.05) is 25.3 Å². The average molecular weight is 277 g/mol. The zero-order valence-electron chi connectivity index (χ0n) is 10.1. The number of nitro groups is 1. The van der Waals surface area contributed by atoms with E-state index in [4.69, 9.17) is 16.3 Å². The van der Waals surface area contributed by atoms with Crippen molar-refractivity contribution < 1.29 is 14.1 Å². The number of benzene rings is 1. The third-order valence-corrected chi connectivity index (χ3v) is 2.56. The molecule has 1 rings (SSSR count).